The molecule has 19 nitrogen and oxygen atoms in total. The maximum Gasteiger partial charge on any atom is 0.343 e. The Morgan fingerprint density at radius 2 is 1.60 bits per heavy atom. The van der Waals surface area contributed by atoms with E-state index in [1.165, 1.54) is 27.8 Å². The number of nitrogens with zero attached hydrogens (tertiary/aromatic N) is 5. The molecule has 3 aliphatic rings. The molecule has 2 saturated heterocycles. The lowest BCUT2D eigenvalue weighted by atomic mass is 10.1. The van der Waals surface area contributed by atoms with Gasteiger partial charge < -0.3 is 24.3 Å². The number of nitrogens with one attached hydrogen (secondary N) is 2. The van der Waals surface area contributed by atoms with E-state index < -0.39 is 43.1 Å². The quantitative estimate of drug-likeness (QED) is 0.0804. The Morgan fingerprint density at radius 3 is 2.22 bits per heavy atom. The summed E-state index contributed by atoms with van der Waals surface area (Å²) < 4.78 is 81.7. The number of unbranched alkanes of at least 4 members (excludes halogenated alkanes) is 1. The molecule has 2 aromatic carbocycles. The van der Waals surface area contributed by atoms with Crippen LogP contribution in [0.1, 0.15) is 67.1 Å². The zero-order chi connectivity index (χ0) is 47.6. The van der Waals surface area contributed by atoms with Crippen LogP contribution in [0.2, 0.25) is 0 Å². The Hall–Kier alpha value is -4.97. The predicted octanol–water partition coefficient (Wildman–Crippen LogP) is 3.43. The number of hydrogen-bond donors (Lipinski definition) is 4. The molecular weight excluding hydrogens is 890 g/mol. The number of pyridine rings is 1. The first-order valence-electron chi connectivity index (χ1n) is 21.5. The summed E-state index contributed by atoms with van der Waals surface area (Å²) in [7, 11) is -7.33. The Kier molecular flexibility index (Phi) is 17.6. The third kappa shape index (κ3) is 15.6. The number of anilines is 3. The lowest BCUT2D eigenvalue weighted by Gasteiger charge is -2.41. The average molecular weight is 950 g/mol. The Morgan fingerprint density at radius 1 is 0.938 bits per heavy atom. The van der Waals surface area contributed by atoms with Gasteiger partial charge in [0.15, 0.2) is 0 Å². The number of piperazine rings is 1. The van der Waals surface area contributed by atoms with Crippen molar-refractivity contribution >= 4 is 54.3 Å². The fraction of sp³-hybridized carbons (Fsp3) is 0.535. The minimum atomic E-state index is -3.67. The number of fused-ring (bicyclic) bond motifs is 1. The molecule has 2 aliphatic heterocycles. The molecule has 0 radical (unpaired) electrons. The molecule has 1 aliphatic carbocycles. The fourth-order valence-electron chi connectivity index (χ4n) is 7.79. The highest BCUT2D eigenvalue weighted by atomic mass is 32.2. The molecule has 65 heavy (non-hydrogen) atoms. The molecule has 2 aromatic heterocycles. The number of aromatic amines is 1. The molecule has 7 rings (SSSR count). The third-order valence-electron chi connectivity index (χ3n) is 11.2. The summed E-state index contributed by atoms with van der Waals surface area (Å²) in [5.41, 5.74) is 2.90. The van der Waals surface area contributed by atoms with Crippen molar-refractivity contribution < 1.29 is 44.6 Å². The highest BCUT2D eigenvalue weighted by Gasteiger charge is 2.30. The second kappa shape index (κ2) is 22.5. The SMILES string of the molecule is CCc1cc(Nc2cc(=O)n(CCCCN3CCN(c4cc5c(cc4F)c(=O)c(C(=O)OCCN4CCOCC4)cn5C4CC4)C[C@@H]3C)c(=O)[nH]2)ccc1C.CS(=O)(=O)O.CS(=O)(=O)O. The standard InChI is InChI=1S/C41H52FN7O6.2CH4O3S/c1-4-29-21-30(8-7-27(29)2)43-37-24-38(50)48(41(53)44-37)12-6-5-11-46-13-14-47(25-28(46)3)36-23-35-32(22-34(36)42)39(51)33(26-49(35)31-9-10-31)40(52)55-20-17-45-15-18-54-19-16-45;2*1-5(2,3)4/h7-8,21-24,26,28,31,43H,4-6,9-20,25H2,1-3H3,(H,44,53);2*1H3,(H,2,3,4)/t28-;;/m0../s1. The normalized spacial score (nSPS) is 17.2. The van der Waals surface area contributed by atoms with Crippen LogP contribution in [0.4, 0.5) is 21.6 Å². The number of hydrogen-bond acceptors (Lipinski definition) is 14. The molecule has 0 unspecified atom stereocenters. The van der Waals surface area contributed by atoms with E-state index in [1.54, 1.807) is 12.3 Å². The zero-order valence-corrected chi connectivity index (χ0v) is 39.1. The monoisotopic (exact) mass is 949 g/mol. The van der Waals surface area contributed by atoms with E-state index in [-0.39, 0.29) is 35.2 Å². The zero-order valence-electron chi connectivity index (χ0n) is 37.4. The summed E-state index contributed by atoms with van der Waals surface area (Å²) in [6.07, 6.45) is 7.21. The first-order chi connectivity index (χ1) is 30.6. The summed E-state index contributed by atoms with van der Waals surface area (Å²) >= 11 is 0. The molecule has 22 heteroatoms. The van der Waals surface area contributed by atoms with Gasteiger partial charge in [-0.25, -0.2) is 14.0 Å². The second-order valence-corrected chi connectivity index (χ2v) is 19.5. The number of ether oxygens (including phenoxy) is 2. The van der Waals surface area contributed by atoms with Gasteiger partial charge in [0, 0.05) is 81.2 Å². The first kappa shape index (κ1) is 51.0. The van der Waals surface area contributed by atoms with Crippen molar-refractivity contribution in [1.29, 1.82) is 0 Å². The molecule has 4 aromatic rings. The van der Waals surface area contributed by atoms with Gasteiger partial charge in [-0.2, -0.15) is 16.8 Å². The topological polar surface area (TPSA) is 243 Å². The van der Waals surface area contributed by atoms with Gasteiger partial charge >= 0.3 is 11.7 Å². The molecule has 1 saturated carbocycles. The Balaban J connectivity index is 0.000000717. The van der Waals surface area contributed by atoms with Gasteiger partial charge in [0.05, 0.1) is 36.9 Å². The highest BCUT2D eigenvalue weighted by molar-refractivity contribution is 7.85. The van der Waals surface area contributed by atoms with Crippen LogP contribution in [0.3, 0.4) is 0 Å². The molecule has 4 heterocycles. The van der Waals surface area contributed by atoms with E-state index in [1.807, 2.05) is 27.7 Å². The molecule has 3 fully saturated rings. The van der Waals surface area contributed by atoms with Crippen LogP contribution in [0, 0.1) is 12.7 Å². The van der Waals surface area contributed by atoms with Crippen LogP contribution in [-0.2, 0) is 42.7 Å². The molecule has 0 bridgehead atoms. The number of H-pyrrole nitrogens is 1. The molecule has 358 valence electrons. The smallest absolute Gasteiger partial charge is 0.343 e. The van der Waals surface area contributed by atoms with Crippen molar-refractivity contribution in [1.82, 2.24) is 23.9 Å². The molecule has 0 amide bonds. The molecule has 4 N–H and O–H groups in total. The maximum absolute atomic E-state index is 15.9. The fourth-order valence-corrected chi connectivity index (χ4v) is 7.79. The summed E-state index contributed by atoms with van der Waals surface area (Å²) in [4.78, 5) is 61.7. The minimum Gasteiger partial charge on any atom is -0.461 e. The number of rotatable bonds is 14. The third-order valence-corrected chi connectivity index (χ3v) is 11.2. The van der Waals surface area contributed by atoms with Crippen molar-refractivity contribution in [3.05, 3.63) is 96.2 Å². The van der Waals surface area contributed by atoms with E-state index in [0.29, 0.717) is 81.9 Å². The van der Waals surface area contributed by atoms with Crippen LogP contribution in [0.15, 0.2) is 57.0 Å². The van der Waals surface area contributed by atoms with Crippen LogP contribution in [0.5, 0.6) is 0 Å². The highest BCUT2D eigenvalue weighted by Crippen LogP contribution is 2.38. The summed E-state index contributed by atoms with van der Waals surface area (Å²) in [6.45, 7) is 12.8. The van der Waals surface area contributed by atoms with E-state index in [4.69, 9.17) is 18.6 Å². The largest absolute Gasteiger partial charge is 0.461 e. The summed E-state index contributed by atoms with van der Waals surface area (Å²) in [5.74, 6) is -0.813. The number of aryl methyl sites for hydroxylation is 2. The number of esters is 1. The van der Waals surface area contributed by atoms with Crippen LogP contribution >= 0.6 is 0 Å². The minimum absolute atomic E-state index is 0.0668. The van der Waals surface area contributed by atoms with Crippen molar-refractivity contribution in [2.24, 2.45) is 0 Å². The summed E-state index contributed by atoms with van der Waals surface area (Å²) in [5, 5.41) is 3.34. The van der Waals surface area contributed by atoms with Crippen LogP contribution in [-0.4, -0.2) is 140 Å². The maximum atomic E-state index is 15.9. The number of carbonyl (C=O) groups excluding carboxylic acids is 1. The lowest BCUT2D eigenvalue weighted by Crippen LogP contribution is -2.52. The van der Waals surface area contributed by atoms with E-state index in [0.717, 1.165) is 51.0 Å². The number of aromatic nitrogens is 3. The van der Waals surface area contributed by atoms with Gasteiger partial charge in [-0.3, -0.25) is 38.0 Å². The molecule has 0 spiro atoms. The van der Waals surface area contributed by atoms with Gasteiger partial charge in [-0.05, 0) is 87.9 Å². The van der Waals surface area contributed by atoms with Crippen molar-refractivity contribution in [2.45, 2.75) is 71.5 Å². The second-order valence-electron chi connectivity index (χ2n) is 16.5. The predicted molar refractivity (Wildman–Crippen MR) is 247 cm³/mol. The van der Waals surface area contributed by atoms with E-state index in [9.17, 15) is 36.0 Å². The van der Waals surface area contributed by atoms with Gasteiger partial charge in [-0.15, -0.1) is 0 Å². The lowest BCUT2D eigenvalue weighted by molar-refractivity contribution is 0.0194. The van der Waals surface area contributed by atoms with E-state index in [2.05, 4.69) is 40.9 Å². The van der Waals surface area contributed by atoms with Crippen molar-refractivity contribution in [3.63, 3.8) is 0 Å². The average Bonchev–Trinajstić information content (AvgIpc) is 4.07. The van der Waals surface area contributed by atoms with E-state index >= 15 is 4.39 Å². The Bertz CT molecular complexity index is 2640. The molecular formula is C43H60FN7O12S2. The van der Waals surface area contributed by atoms with Gasteiger partial charge in [0.2, 0.25) is 5.43 Å². The van der Waals surface area contributed by atoms with Crippen molar-refractivity contribution in [2.75, 3.05) is 88.4 Å². The summed E-state index contributed by atoms with van der Waals surface area (Å²) in [6, 6.07) is 10.7. The first-order valence-corrected chi connectivity index (χ1v) is 25.2. The number of morpholine rings is 1. The van der Waals surface area contributed by atoms with Gasteiger partial charge in [0.25, 0.3) is 25.8 Å². The molecule has 1 atom stereocenters. The number of benzene rings is 2. The van der Waals surface area contributed by atoms with Gasteiger partial charge in [-0.1, -0.05) is 13.0 Å². The van der Waals surface area contributed by atoms with Gasteiger partial charge in [0.1, 0.15) is 23.8 Å². The number of halogens is 1. The Labute approximate surface area is 377 Å². The van der Waals surface area contributed by atoms with Crippen molar-refractivity contribution in [3.8, 4) is 0 Å². The number of carbonyl (C=O) groups is 1. The van der Waals surface area contributed by atoms with Crippen LogP contribution in [0.25, 0.3) is 10.9 Å². The van der Waals surface area contributed by atoms with Crippen LogP contribution < -0.4 is 26.9 Å².